The van der Waals surface area contributed by atoms with Gasteiger partial charge in [-0.05, 0) is 55.2 Å². The summed E-state index contributed by atoms with van der Waals surface area (Å²) < 4.78 is 1.84. The molecular weight excluding hydrogens is 270 g/mol. The quantitative estimate of drug-likeness (QED) is 0.940. The number of hydrogen-bond acceptors (Lipinski definition) is 3. The molecule has 1 aliphatic rings. The van der Waals surface area contributed by atoms with Crippen molar-refractivity contribution < 1.29 is 4.79 Å². The Bertz CT molecular complexity index is 588. The smallest absolute Gasteiger partial charge is 0.261 e. The predicted molar refractivity (Wildman–Crippen MR) is 80.1 cm³/mol. The lowest BCUT2D eigenvalue weighted by Gasteiger charge is -2.16. The van der Waals surface area contributed by atoms with E-state index in [1.807, 2.05) is 23.9 Å². The molecule has 5 heteroatoms. The summed E-state index contributed by atoms with van der Waals surface area (Å²) in [6.45, 7) is 2.71. The van der Waals surface area contributed by atoms with E-state index in [2.05, 4.69) is 15.8 Å². The number of carbonyl (C=O) groups excluding carboxylic acids is 1. The second kappa shape index (κ2) is 5.79. The Kier molecular flexibility index (Phi) is 3.87. The zero-order valence-electron chi connectivity index (χ0n) is 11.6. The van der Waals surface area contributed by atoms with Gasteiger partial charge < -0.3 is 5.32 Å². The number of nitrogens with one attached hydrogen (secondary N) is 1. The highest BCUT2D eigenvalue weighted by molar-refractivity contribution is 7.12. The minimum Gasteiger partial charge on any atom is -0.347 e. The van der Waals surface area contributed by atoms with Crippen LogP contribution in [0.5, 0.6) is 0 Å². The lowest BCUT2D eigenvalue weighted by Crippen LogP contribution is -2.35. The van der Waals surface area contributed by atoms with Crippen molar-refractivity contribution >= 4 is 17.2 Å². The van der Waals surface area contributed by atoms with Crippen LogP contribution >= 0.6 is 11.3 Å². The number of rotatable bonds is 4. The molecular formula is C15H19N3OS. The van der Waals surface area contributed by atoms with Gasteiger partial charge in [0.15, 0.2) is 0 Å². The fraction of sp³-hybridized carbons (Fsp3) is 0.467. The summed E-state index contributed by atoms with van der Waals surface area (Å²) >= 11 is 1.59. The maximum absolute atomic E-state index is 12.4. The van der Waals surface area contributed by atoms with Crippen molar-refractivity contribution in [2.75, 3.05) is 0 Å². The Morgan fingerprint density at radius 1 is 1.50 bits per heavy atom. The molecule has 2 aromatic heterocycles. The Morgan fingerprint density at radius 2 is 2.35 bits per heavy atom. The van der Waals surface area contributed by atoms with Crippen molar-refractivity contribution in [3.05, 3.63) is 39.8 Å². The summed E-state index contributed by atoms with van der Waals surface area (Å²) in [6, 6.07) is 1.97. The van der Waals surface area contributed by atoms with Crippen molar-refractivity contribution in [2.45, 2.75) is 45.2 Å². The third-order valence-corrected chi connectivity index (χ3v) is 4.78. The molecule has 0 radical (unpaired) electrons. The lowest BCUT2D eigenvalue weighted by molar-refractivity contribution is 0.0939. The Hall–Kier alpha value is -1.62. The summed E-state index contributed by atoms with van der Waals surface area (Å²) in [4.78, 5) is 13.3. The number of aryl methyl sites for hydroxylation is 1. The van der Waals surface area contributed by atoms with Gasteiger partial charge in [-0.15, -0.1) is 11.3 Å². The molecule has 1 amide bonds. The molecule has 3 rings (SSSR count). The van der Waals surface area contributed by atoms with Crippen LogP contribution in [0.25, 0.3) is 0 Å². The molecule has 2 aromatic rings. The van der Waals surface area contributed by atoms with Gasteiger partial charge in [-0.2, -0.15) is 5.10 Å². The SMILES string of the molecule is C[C@@H](Cn1cccn1)NC(=O)c1scc2c1CCCC2. The molecule has 0 fully saturated rings. The van der Waals surface area contributed by atoms with Crippen molar-refractivity contribution in [3.8, 4) is 0 Å². The van der Waals surface area contributed by atoms with Crippen LogP contribution in [0.4, 0.5) is 0 Å². The average molecular weight is 289 g/mol. The summed E-state index contributed by atoms with van der Waals surface area (Å²) in [6.07, 6.45) is 8.30. The predicted octanol–water partition coefficient (Wildman–Crippen LogP) is 2.64. The number of fused-ring (bicyclic) bond motifs is 1. The second-order valence-corrected chi connectivity index (χ2v) is 6.26. The van der Waals surface area contributed by atoms with E-state index >= 15 is 0 Å². The fourth-order valence-corrected chi connectivity index (χ4v) is 3.80. The van der Waals surface area contributed by atoms with Crippen molar-refractivity contribution in [3.63, 3.8) is 0 Å². The highest BCUT2D eigenvalue weighted by Gasteiger charge is 2.21. The van der Waals surface area contributed by atoms with Gasteiger partial charge in [0.2, 0.25) is 0 Å². The molecule has 0 saturated heterocycles. The fourth-order valence-electron chi connectivity index (χ4n) is 2.73. The largest absolute Gasteiger partial charge is 0.347 e. The number of aromatic nitrogens is 2. The van der Waals surface area contributed by atoms with Crippen LogP contribution in [0, 0.1) is 0 Å². The zero-order chi connectivity index (χ0) is 13.9. The first-order valence-electron chi connectivity index (χ1n) is 7.11. The monoisotopic (exact) mass is 289 g/mol. The summed E-state index contributed by atoms with van der Waals surface area (Å²) in [7, 11) is 0. The van der Waals surface area contributed by atoms with Gasteiger partial charge >= 0.3 is 0 Å². The van der Waals surface area contributed by atoms with Crippen molar-refractivity contribution in [1.29, 1.82) is 0 Å². The van der Waals surface area contributed by atoms with E-state index in [4.69, 9.17) is 0 Å². The first-order valence-corrected chi connectivity index (χ1v) is 7.99. The number of carbonyl (C=O) groups is 1. The molecule has 0 aromatic carbocycles. The van der Waals surface area contributed by atoms with Crippen molar-refractivity contribution in [2.24, 2.45) is 0 Å². The zero-order valence-corrected chi connectivity index (χ0v) is 12.4. The molecule has 1 atom stereocenters. The molecule has 1 aliphatic carbocycles. The maximum Gasteiger partial charge on any atom is 0.261 e. The standard InChI is InChI=1S/C15H19N3OS/c1-11(9-18-8-4-7-16-18)17-15(19)14-13-6-3-2-5-12(13)10-20-14/h4,7-8,10-11H,2-3,5-6,9H2,1H3,(H,17,19)/t11-/m0/s1. The van der Waals surface area contributed by atoms with Crippen LogP contribution in [-0.2, 0) is 19.4 Å². The molecule has 0 aliphatic heterocycles. The number of hydrogen-bond donors (Lipinski definition) is 1. The topological polar surface area (TPSA) is 46.9 Å². The molecule has 106 valence electrons. The van der Waals surface area contributed by atoms with E-state index in [9.17, 15) is 4.79 Å². The first-order chi connectivity index (χ1) is 9.74. The molecule has 0 unspecified atom stereocenters. The van der Waals surface area contributed by atoms with Crippen LogP contribution in [0.1, 0.15) is 40.6 Å². The molecule has 0 spiro atoms. The van der Waals surface area contributed by atoms with Gasteiger partial charge in [-0.1, -0.05) is 0 Å². The average Bonchev–Trinajstić information content (AvgIpc) is 3.07. The third-order valence-electron chi connectivity index (χ3n) is 3.71. The van der Waals surface area contributed by atoms with Crippen LogP contribution in [-0.4, -0.2) is 21.7 Å². The van der Waals surface area contributed by atoms with E-state index < -0.39 is 0 Å². The van der Waals surface area contributed by atoms with Crippen LogP contribution in [0.3, 0.4) is 0 Å². The number of thiophene rings is 1. The molecule has 20 heavy (non-hydrogen) atoms. The molecule has 4 nitrogen and oxygen atoms in total. The Balaban J connectivity index is 1.65. The third kappa shape index (κ3) is 2.77. The van der Waals surface area contributed by atoms with Gasteiger partial charge in [0.1, 0.15) is 0 Å². The maximum atomic E-state index is 12.4. The van der Waals surface area contributed by atoms with Gasteiger partial charge in [-0.25, -0.2) is 0 Å². The molecule has 0 saturated carbocycles. The number of nitrogens with zero attached hydrogens (tertiary/aromatic N) is 2. The highest BCUT2D eigenvalue weighted by Crippen LogP contribution is 2.29. The van der Waals surface area contributed by atoms with E-state index in [0.29, 0.717) is 6.54 Å². The summed E-state index contributed by atoms with van der Waals surface area (Å²) in [5.41, 5.74) is 2.66. The van der Waals surface area contributed by atoms with E-state index in [0.717, 1.165) is 17.7 Å². The van der Waals surface area contributed by atoms with Gasteiger partial charge in [0.25, 0.3) is 5.91 Å². The van der Waals surface area contributed by atoms with Gasteiger partial charge in [0.05, 0.1) is 11.4 Å². The Morgan fingerprint density at radius 3 is 3.15 bits per heavy atom. The normalized spacial score (nSPS) is 15.7. The van der Waals surface area contributed by atoms with Crippen molar-refractivity contribution in [1.82, 2.24) is 15.1 Å². The van der Waals surface area contributed by atoms with Crippen LogP contribution in [0.2, 0.25) is 0 Å². The second-order valence-electron chi connectivity index (χ2n) is 5.38. The van der Waals surface area contributed by atoms with E-state index in [-0.39, 0.29) is 11.9 Å². The van der Waals surface area contributed by atoms with E-state index in [1.54, 1.807) is 17.5 Å². The number of amides is 1. The minimum atomic E-state index is 0.0674. The Labute approximate surface area is 122 Å². The molecule has 0 bridgehead atoms. The summed E-state index contributed by atoms with van der Waals surface area (Å²) in [5, 5.41) is 9.40. The lowest BCUT2D eigenvalue weighted by atomic mass is 9.94. The minimum absolute atomic E-state index is 0.0674. The highest BCUT2D eigenvalue weighted by atomic mass is 32.1. The first kappa shape index (κ1) is 13.4. The molecule has 1 N–H and O–H groups in total. The van der Waals surface area contributed by atoms with Crippen LogP contribution in [0.15, 0.2) is 23.8 Å². The van der Waals surface area contributed by atoms with E-state index in [1.165, 1.54) is 24.0 Å². The summed E-state index contributed by atoms with van der Waals surface area (Å²) in [5.74, 6) is 0.0674. The molecule has 2 heterocycles. The van der Waals surface area contributed by atoms with Gasteiger partial charge in [0, 0.05) is 18.4 Å². The van der Waals surface area contributed by atoms with Gasteiger partial charge in [-0.3, -0.25) is 9.48 Å². The van der Waals surface area contributed by atoms with Crippen LogP contribution < -0.4 is 5.32 Å².